The zero-order chi connectivity index (χ0) is 23.9. The Labute approximate surface area is 212 Å². The number of benzene rings is 2. The van der Waals surface area contributed by atoms with Crippen LogP contribution in [0.2, 0.25) is 0 Å². The Balaban J connectivity index is 1.42. The summed E-state index contributed by atoms with van der Waals surface area (Å²) in [6.07, 6.45) is 2.12. The molecule has 8 heteroatoms. The molecule has 1 atom stereocenters. The van der Waals surface area contributed by atoms with Gasteiger partial charge in [-0.15, -0.1) is 11.3 Å². The van der Waals surface area contributed by atoms with Gasteiger partial charge in [-0.05, 0) is 48.7 Å². The fourth-order valence-electron chi connectivity index (χ4n) is 4.92. The Morgan fingerprint density at radius 3 is 2.80 bits per heavy atom. The van der Waals surface area contributed by atoms with Crippen LogP contribution in [0.25, 0.3) is 15.9 Å². The molecule has 35 heavy (non-hydrogen) atoms. The molecule has 6 rings (SSSR count). The third kappa shape index (κ3) is 4.24. The Morgan fingerprint density at radius 1 is 1.14 bits per heavy atom. The summed E-state index contributed by atoms with van der Waals surface area (Å²) in [5, 5.41) is 1.54. The SMILES string of the molecule is CCC[NH+]1CCc2c(sc3nc(SCc4ccc5c(c4)OCO5)n(-c4ccc(C)cc4)c(=O)c23)C1. The molecule has 0 radical (unpaired) electrons. The van der Waals surface area contributed by atoms with E-state index in [1.165, 1.54) is 23.4 Å². The fraction of sp³-hybridized carbons (Fsp3) is 0.333. The predicted molar refractivity (Wildman–Crippen MR) is 140 cm³/mol. The first kappa shape index (κ1) is 22.6. The van der Waals surface area contributed by atoms with E-state index in [1.54, 1.807) is 32.6 Å². The minimum absolute atomic E-state index is 0.0449. The summed E-state index contributed by atoms with van der Waals surface area (Å²) >= 11 is 3.29. The highest BCUT2D eigenvalue weighted by molar-refractivity contribution is 7.98. The van der Waals surface area contributed by atoms with Crippen LogP contribution in [0.3, 0.4) is 0 Å². The van der Waals surface area contributed by atoms with Crippen molar-refractivity contribution in [2.24, 2.45) is 0 Å². The Hall–Kier alpha value is -2.81. The van der Waals surface area contributed by atoms with Crippen molar-refractivity contribution in [1.82, 2.24) is 9.55 Å². The van der Waals surface area contributed by atoms with Crippen LogP contribution in [0.15, 0.2) is 52.4 Å². The number of aryl methyl sites for hydroxylation is 1. The monoisotopic (exact) mass is 506 g/mol. The molecule has 0 saturated carbocycles. The fourth-order valence-corrected chi connectivity index (χ4v) is 7.21. The summed E-state index contributed by atoms with van der Waals surface area (Å²) in [5.74, 6) is 2.23. The Morgan fingerprint density at radius 2 is 1.97 bits per heavy atom. The van der Waals surface area contributed by atoms with E-state index in [-0.39, 0.29) is 12.4 Å². The van der Waals surface area contributed by atoms with Crippen LogP contribution in [0.4, 0.5) is 0 Å². The van der Waals surface area contributed by atoms with Gasteiger partial charge in [0.2, 0.25) is 6.79 Å². The lowest BCUT2D eigenvalue weighted by molar-refractivity contribution is -0.915. The Kier molecular flexibility index (Phi) is 6.04. The maximum absolute atomic E-state index is 14.0. The van der Waals surface area contributed by atoms with Crippen molar-refractivity contribution >= 4 is 33.3 Å². The van der Waals surface area contributed by atoms with E-state index < -0.39 is 0 Å². The lowest BCUT2D eigenvalue weighted by Gasteiger charge is -2.23. The van der Waals surface area contributed by atoms with Crippen LogP contribution in [-0.2, 0) is 18.7 Å². The zero-order valence-electron chi connectivity index (χ0n) is 19.9. The lowest BCUT2D eigenvalue weighted by atomic mass is 10.1. The molecule has 1 N–H and O–H groups in total. The minimum atomic E-state index is 0.0449. The molecular formula is C27H28N3O3S2+. The molecule has 0 amide bonds. The maximum Gasteiger partial charge on any atom is 0.267 e. The topological polar surface area (TPSA) is 57.8 Å². The summed E-state index contributed by atoms with van der Waals surface area (Å²) in [6, 6.07) is 14.1. The van der Waals surface area contributed by atoms with Gasteiger partial charge in [-0.2, -0.15) is 0 Å². The van der Waals surface area contributed by atoms with Gasteiger partial charge >= 0.3 is 0 Å². The quantitative estimate of drug-likeness (QED) is 0.315. The number of nitrogens with one attached hydrogen (secondary N) is 1. The number of nitrogens with zero attached hydrogens (tertiary/aromatic N) is 2. The van der Waals surface area contributed by atoms with Crippen molar-refractivity contribution in [3.63, 3.8) is 0 Å². The molecule has 180 valence electrons. The predicted octanol–water partition coefficient (Wildman–Crippen LogP) is 4.13. The Bertz CT molecular complexity index is 1460. The second-order valence-corrected chi connectivity index (χ2v) is 11.2. The molecule has 2 aliphatic rings. The van der Waals surface area contributed by atoms with Crippen LogP contribution in [0, 0.1) is 6.92 Å². The van der Waals surface area contributed by atoms with Gasteiger partial charge in [0.25, 0.3) is 5.56 Å². The number of aromatic nitrogens is 2. The van der Waals surface area contributed by atoms with Gasteiger partial charge in [-0.1, -0.05) is 42.4 Å². The largest absolute Gasteiger partial charge is 0.454 e. The van der Waals surface area contributed by atoms with Crippen molar-refractivity contribution in [3.8, 4) is 17.2 Å². The number of hydrogen-bond acceptors (Lipinski definition) is 6. The van der Waals surface area contributed by atoms with Crippen molar-refractivity contribution in [1.29, 1.82) is 0 Å². The van der Waals surface area contributed by atoms with Crippen molar-refractivity contribution in [2.75, 3.05) is 19.9 Å². The van der Waals surface area contributed by atoms with Gasteiger partial charge in [0, 0.05) is 12.2 Å². The first-order valence-electron chi connectivity index (χ1n) is 12.1. The maximum atomic E-state index is 14.0. The molecule has 6 nitrogen and oxygen atoms in total. The number of thiophene rings is 1. The van der Waals surface area contributed by atoms with Crippen LogP contribution in [0.1, 0.15) is 34.9 Å². The molecule has 0 bridgehead atoms. The zero-order valence-corrected chi connectivity index (χ0v) is 21.6. The van der Waals surface area contributed by atoms with E-state index in [0.29, 0.717) is 5.75 Å². The number of fused-ring (bicyclic) bond motifs is 4. The van der Waals surface area contributed by atoms with Gasteiger partial charge in [0.1, 0.15) is 11.4 Å². The minimum Gasteiger partial charge on any atom is -0.454 e. The van der Waals surface area contributed by atoms with Crippen LogP contribution < -0.4 is 19.9 Å². The van der Waals surface area contributed by atoms with Crippen molar-refractivity contribution in [2.45, 2.75) is 44.1 Å². The smallest absolute Gasteiger partial charge is 0.267 e. The molecule has 0 fully saturated rings. The summed E-state index contributed by atoms with van der Waals surface area (Å²) in [5.41, 5.74) is 4.39. The number of hydrogen-bond donors (Lipinski definition) is 1. The third-order valence-electron chi connectivity index (χ3n) is 6.72. The molecule has 4 aromatic rings. The van der Waals surface area contributed by atoms with Crippen LogP contribution in [0.5, 0.6) is 11.5 Å². The highest BCUT2D eigenvalue weighted by Gasteiger charge is 2.27. The van der Waals surface area contributed by atoms with E-state index in [1.807, 2.05) is 42.5 Å². The van der Waals surface area contributed by atoms with Crippen LogP contribution >= 0.6 is 23.1 Å². The molecule has 2 aliphatic heterocycles. The summed E-state index contributed by atoms with van der Waals surface area (Å²) in [4.78, 5) is 22.9. The number of thioether (sulfide) groups is 1. The van der Waals surface area contributed by atoms with Gasteiger partial charge < -0.3 is 14.4 Å². The average molecular weight is 507 g/mol. The van der Waals surface area contributed by atoms with E-state index in [9.17, 15) is 4.79 Å². The van der Waals surface area contributed by atoms with Gasteiger partial charge in [-0.25, -0.2) is 4.98 Å². The number of rotatable bonds is 6. The molecule has 2 aromatic carbocycles. The summed E-state index contributed by atoms with van der Waals surface area (Å²) < 4.78 is 12.8. The number of ether oxygens (including phenoxy) is 2. The number of quaternary nitrogens is 1. The first-order chi connectivity index (χ1) is 17.1. The van der Waals surface area contributed by atoms with Crippen molar-refractivity contribution < 1.29 is 14.4 Å². The van der Waals surface area contributed by atoms with E-state index in [4.69, 9.17) is 14.5 Å². The molecule has 0 spiro atoms. The summed E-state index contributed by atoms with van der Waals surface area (Å²) in [6.45, 7) is 7.80. The highest BCUT2D eigenvalue weighted by atomic mass is 32.2. The van der Waals surface area contributed by atoms with E-state index in [2.05, 4.69) is 13.8 Å². The molecule has 1 unspecified atom stereocenters. The van der Waals surface area contributed by atoms with E-state index >= 15 is 0 Å². The third-order valence-corrected chi connectivity index (χ3v) is 8.85. The van der Waals surface area contributed by atoms with E-state index in [0.717, 1.165) is 63.2 Å². The second-order valence-electron chi connectivity index (χ2n) is 9.21. The molecule has 0 aliphatic carbocycles. The normalized spacial score (nSPS) is 16.6. The molecule has 4 heterocycles. The van der Waals surface area contributed by atoms with Gasteiger partial charge in [-0.3, -0.25) is 9.36 Å². The molecular weight excluding hydrogens is 478 g/mol. The average Bonchev–Trinajstić information content (AvgIpc) is 3.47. The summed E-state index contributed by atoms with van der Waals surface area (Å²) in [7, 11) is 0. The van der Waals surface area contributed by atoms with Gasteiger partial charge in [0.15, 0.2) is 16.7 Å². The van der Waals surface area contributed by atoms with Crippen LogP contribution in [-0.4, -0.2) is 29.4 Å². The molecule has 2 aromatic heterocycles. The van der Waals surface area contributed by atoms with Gasteiger partial charge in [0.05, 0.1) is 29.0 Å². The standard InChI is InChI=1S/C27H27N3O3S2/c1-3-11-29-12-10-20-23(14-29)35-25-24(20)26(31)30(19-7-4-17(2)5-8-19)27(28-25)34-15-18-6-9-21-22(13-18)33-16-32-21/h4-9,13H,3,10-12,14-16H2,1-2H3/p+1. The lowest BCUT2D eigenvalue weighted by Crippen LogP contribution is -3.11. The second kappa shape index (κ2) is 9.33. The highest BCUT2D eigenvalue weighted by Crippen LogP contribution is 2.36. The van der Waals surface area contributed by atoms with Crippen molar-refractivity contribution in [3.05, 3.63) is 74.4 Å². The molecule has 0 saturated heterocycles. The first-order valence-corrected chi connectivity index (χ1v) is 13.9.